The first-order valence-electron chi connectivity index (χ1n) is 5.12. The fourth-order valence-electron chi connectivity index (χ4n) is 1.90. The van der Waals surface area contributed by atoms with Crippen molar-refractivity contribution in [2.75, 3.05) is 18.0 Å². The van der Waals surface area contributed by atoms with Crippen LogP contribution in [-0.2, 0) is 4.79 Å². The molecule has 1 aromatic heterocycles. The van der Waals surface area contributed by atoms with Crippen molar-refractivity contribution in [3.63, 3.8) is 0 Å². The van der Waals surface area contributed by atoms with Crippen LogP contribution in [0.5, 0.6) is 0 Å². The van der Waals surface area contributed by atoms with Gasteiger partial charge in [-0.25, -0.2) is 9.97 Å². The quantitative estimate of drug-likeness (QED) is 0.849. The highest BCUT2D eigenvalue weighted by atomic mass is 35.5. The molecule has 0 amide bonds. The SMILES string of the molecule is O=C(O)[C@@H]1CCCN(c2nccnc2Cl)C1. The minimum Gasteiger partial charge on any atom is -0.481 e. The smallest absolute Gasteiger partial charge is 0.308 e. The maximum atomic E-state index is 10.9. The molecule has 16 heavy (non-hydrogen) atoms. The Bertz CT molecular complexity index is 399. The molecule has 2 heterocycles. The fraction of sp³-hybridized carbons (Fsp3) is 0.500. The van der Waals surface area contributed by atoms with Gasteiger partial charge >= 0.3 is 5.97 Å². The lowest BCUT2D eigenvalue weighted by molar-refractivity contribution is -0.141. The van der Waals surface area contributed by atoms with Crippen molar-refractivity contribution in [1.29, 1.82) is 0 Å². The number of aliphatic carboxylic acids is 1. The molecule has 1 atom stereocenters. The van der Waals surface area contributed by atoms with Gasteiger partial charge in [-0.05, 0) is 12.8 Å². The van der Waals surface area contributed by atoms with Crippen LogP contribution in [0, 0.1) is 5.92 Å². The van der Waals surface area contributed by atoms with Crippen LogP contribution in [0.1, 0.15) is 12.8 Å². The van der Waals surface area contributed by atoms with Crippen LogP contribution in [0.3, 0.4) is 0 Å². The Labute approximate surface area is 98.1 Å². The molecule has 6 heteroatoms. The zero-order chi connectivity index (χ0) is 11.5. The van der Waals surface area contributed by atoms with Crippen molar-refractivity contribution in [1.82, 2.24) is 9.97 Å². The molecule has 1 fully saturated rings. The minimum absolute atomic E-state index is 0.327. The van der Waals surface area contributed by atoms with Gasteiger partial charge in [0.15, 0.2) is 11.0 Å². The topological polar surface area (TPSA) is 66.3 Å². The molecule has 1 N–H and O–H groups in total. The summed E-state index contributed by atoms with van der Waals surface area (Å²) in [6, 6.07) is 0. The summed E-state index contributed by atoms with van der Waals surface area (Å²) >= 11 is 5.92. The van der Waals surface area contributed by atoms with Crippen molar-refractivity contribution < 1.29 is 9.90 Å². The van der Waals surface area contributed by atoms with Crippen LogP contribution in [0.4, 0.5) is 5.82 Å². The number of carboxylic acids is 1. The van der Waals surface area contributed by atoms with Gasteiger partial charge in [0, 0.05) is 25.5 Å². The van der Waals surface area contributed by atoms with Crippen LogP contribution in [0.2, 0.25) is 5.15 Å². The van der Waals surface area contributed by atoms with Gasteiger partial charge in [0.1, 0.15) is 0 Å². The van der Waals surface area contributed by atoms with Crippen molar-refractivity contribution >= 4 is 23.4 Å². The van der Waals surface area contributed by atoms with E-state index in [1.54, 1.807) is 6.20 Å². The number of piperidine rings is 1. The second-order valence-corrected chi connectivity index (χ2v) is 4.15. The third-order valence-corrected chi connectivity index (χ3v) is 2.97. The van der Waals surface area contributed by atoms with E-state index in [0.717, 1.165) is 13.0 Å². The molecule has 0 unspecified atom stereocenters. The number of anilines is 1. The largest absolute Gasteiger partial charge is 0.481 e. The number of nitrogens with zero attached hydrogens (tertiary/aromatic N) is 3. The summed E-state index contributed by atoms with van der Waals surface area (Å²) in [5, 5.41) is 9.30. The number of halogens is 1. The number of carbonyl (C=O) groups is 1. The molecule has 0 aliphatic carbocycles. The van der Waals surface area contributed by atoms with Crippen LogP contribution in [-0.4, -0.2) is 34.1 Å². The van der Waals surface area contributed by atoms with Crippen LogP contribution in [0.15, 0.2) is 12.4 Å². The molecule has 0 spiro atoms. The van der Waals surface area contributed by atoms with E-state index in [9.17, 15) is 4.79 Å². The lowest BCUT2D eigenvalue weighted by atomic mass is 9.98. The van der Waals surface area contributed by atoms with Gasteiger partial charge in [-0.1, -0.05) is 11.6 Å². The molecule has 0 radical (unpaired) electrons. The molecule has 1 aliphatic heterocycles. The zero-order valence-corrected chi connectivity index (χ0v) is 9.39. The highest BCUT2D eigenvalue weighted by Gasteiger charge is 2.27. The minimum atomic E-state index is -0.760. The maximum absolute atomic E-state index is 10.9. The summed E-state index contributed by atoms with van der Waals surface area (Å²) in [5.74, 6) is -0.522. The first-order valence-corrected chi connectivity index (χ1v) is 5.50. The van der Waals surface area contributed by atoms with E-state index >= 15 is 0 Å². The summed E-state index contributed by atoms with van der Waals surface area (Å²) in [6.45, 7) is 1.23. The van der Waals surface area contributed by atoms with Crippen LogP contribution < -0.4 is 4.90 Å². The Morgan fingerprint density at radius 1 is 1.50 bits per heavy atom. The predicted molar refractivity (Wildman–Crippen MR) is 59.6 cm³/mol. The Kier molecular flexibility index (Phi) is 3.24. The molecule has 1 aliphatic rings. The second-order valence-electron chi connectivity index (χ2n) is 3.79. The van der Waals surface area contributed by atoms with Crippen molar-refractivity contribution in [2.45, 2.75) is 12.8 Å². The summed E-state index contributed by atoms with van der Waals surface area (Å²) in [5.41, 5.74) is 0. The third-order valence-electron chi connectivity index (χ3n) is 2.71. The summed E-state index contributed by atoms with van der Waals surface area (Å²) in [6.07, 6.45) is 4.63. The Morgan fingerprint density at radius 3 is 2.94 bits per heavy atom. The first-order chi connectivity index (χ1) is 7.68. The molecule has 0 bridgehead atoms. The van der Waals surface area contributed by atoms with Gasteiger partial charge in [-0.3, -0.25) is 4.79 Å². The molecule has 0 saturated carbocycles. The average Bonchev–Trinajstić information content (AvgIpc) is 2.30. The fourth-order valence-corrected chi connectivity index (χ4v) is 2.12. The Morgan fingerprint density at radius 2 is 2.25 bits per heavy atom. The van der Waals surface area contributed by atoms with Crippen LogP contribution >= 0.6 is 11.6 Å². The molecular formula is C10H12ClN3O2. The molecule has 1 aromatic rings. The van der Waals surface area contributed by atoms with Crippen molar-refractivity contribution in [2.24, 2.45) is 5.92 Å². The number of hydrogen-bond donors (Lipinski definition) is 1. The van der Waals surface area contributed by atoms with E-state index in [2.05, 4.69) is 9.97 Å². The maximum Gasteiger partial charge on any atom is 0.308 e. The van der Waals surface area contributed by atoms with E-state index in [-0.39, 0.29) is 5.92 Å². The predicted octanol–water partition coefficient (Wildman–Crippen LogP) is 1.43. The van der Waals surface area contributed by atoms with Gasteiger partial charge < -0.3 is 10.0 Å². The molecule has 2 rings (SSSR count). The molecule has 1 saturated heterocycles. The van der Waals surface area contributed by atoms with E-state index in [4.69, 9.17) is 16.7 Å². The van der Waals surface area contributed by atoms with Gasteiger partial charge in [-0.15, -0.1) is 0 Å². The van der Waals surface area contributed by atoms with E-state index in [1.807, 2.05) is 4.90 Å². The van der Waals surface area contributed by atoms with Gasteiger partial charge in [0.25, 0.3) is 0 Å². The van der Waals surface area contributed by atoms with Crippen molar-refractivity contribution in [3.8, 4) is 0 Å². The van der Waals surface area contributed by atoms with Crippen molar-refractivity contribution in [3.05, 3.63) is 17.5 Å². The summed E-state index contributed by atoms with van der Waals surface area (Å²) < 4.78 is 0. The summed E-state index contributed by atoms with van der Waals surface area (Å²) in [7, 11) is 0. The third kappa shape index (κ3) is 2.24. The van der Waals surface area contributed by atoms with Gasteiger partial charge in [0.05, 0.1) is 5.92 Å². The number of aromatic nitrogens is 2. The van der Waals surface area contributed by atoms with Gasteiger partial charge in [-0.2, -0.15) is 0 Å². The van der Waals surface area contributed by atoms with E-state index < -0.39 is 5.97 Å². The molecule has 5 nitrogen and oxygen atoms in total. The number of hydrogen-bond acceptors (Lipinski definition) is 4. The normalized spacial score (nSPS) is 20.8. The summed E-state index contributed by atoms with van der Waals surface area (Å²) in [4.78, 5) is 20.9. The first kappa shape index (κ1) is 11.1. The molecular weight excluding hydrogens is 230 g/mol. The zero-order valence-electron chi connectivity index (χ0n) is 8.64. The lowest BCUT2D eigenvalue weighted by Gasteiger charge is -2.31. The Hall–Kier alpha value is -1.36. The van der Waals surface area contributed by atoms with Crippen LogP contribution in [0.25, 0.3) is 0 Å². The second kappa shape index (κ2) is 4.65. The average molecular weight is 242 g/mol. The highest BCUT2D eigenvalue weighted by Crippen LogP contribution is 2.25. The van der Waals surface area contributed by atoms with Gasteiger partial charge in [0.2, 0.25) is 0 Å². The standard InChI is InChI=1S/C10H12ClN3O2/c11-8-9(13-4-3-12-8)14-5-1-2-7(6-14)10(15)16/h3-4,7H,1-2,5-6H2,(H,15,16)/t7-/m1/s1. The molecule has 86 valence electrons. The Balaban J connectivity index is 2.16. The lowest BCUT2D eigenvalue weighted by Crippen LogP contribution is -2.39. The highest BCUT2D eigenvalue weighted by molar-refractivity contribution is 6.31. The van der Waals surface area contributed by atoms with E-state index in [0.29, 0.717) is 23.9 Å². The molecule has 0 aromatic carbocycles. The number of carboxylic acid groups (broad SMARTS) is 1. The monoisotopic (exact) mass is 241 g/mol. The van der Waals surface area contributed by atoms with E-state index in [1.165, 1.54) is 6.20 Å². The number of rotatable bonds is 2.